The van der Waals surface area contributed by atoms with Crippen molar-refractivity contribution < 1.29 is 22.9 Å². The van der Waals surface area contributed by atoms with Gasteiger partial charge in [0.15, 0.2) is 0 Å². The molecule has 0 unspecified atom stereocenters. The van der Waals surface area contributed by atoms with E-state index in [1.807, 2.05) is 4.72 Å². The van der Waals surface area contributed by atoms with Gasteiger partial charge in [-0.3, -0.25) is 14.9 Å². The monoisotopic (exact) mass is 445 g/mol. The van der Waals surface area contributed by atoms with E-state index in [2.05, 4.69) is 5.32 Å². The molecule has 1 amide bonds. The lowest BCUT2D eigenvalue weighted by Gasteiger charge is -2.31. The molecule has 0 atom stereocenters. The van der Waals surface area contributed by atoms with Crippen molar-refractivity contribution in [3.63, 3.8) is 0 Å². The average molecular weight is 445 g/mol. The third-order valence-corrected chi connectivity index (χ3v) is 7.24. The maximum atomic E-state index is 12.7. The molecule has 2 N–H and O–H groups in total. The van der Waals surface area contributed by atoms with Crippen molar-refractivity contribution >= 4 is 27.3 Å². The highest BCUT2D eigenvalue weighted by Crippen LogP contribution is 2.50. The van der Waals surface area contributed by atoms with Crippen molar-refractivity contribution in [1.29, 1.82) is 0 Å². The number of benzene rings is 2. The Morgan fingerprint density at radius 1 is 1.10 bits per heavy atom. The zero-order chi connectivity index (χ0) is 22.1. The van der Waals surface area contributed by atoms with Gasteiger partial charge in [-0.2, -0.15) is 0 Å². The second-order valence-electron chi connectivity index (χ2n) is 7.90. The van der Waals surface area contributed by atoms with Crippen molar-refractivity contribution in [2.24, 2.45) is 5.92 Å². The summed E-state index contributed by atoms with van der Waals surface area (Å²) < 4.78 is 32.7. The van der Waals surface area contributed by atoms with Crippen LogP contribution in [-0.2, 0) is 14.8 Å². The topological polar surface area (TPSA) is 128 Å². The van der Waals surface area contributed by atoms with E-state index in [-0.39, 0.29) is 27.4 Å². The van der Waals surface area contributed by atoms with E-state index in [0.29, 0.717) is 19.1 Å². The Morgan fingerprint density at radius 3 is 2.39 bits per heavy atom. The third kappa shape index (κ3) is 4.54. The molecule has 0 aromatic heterocycles. The molecule has 2 fully saturated rings. The minimum atomic E-state index is -4.28. The van der Waals surface area contributed by atoms with Crippen LogP contribution in [0.1, 0.15) is 36.0 Å². The van der Waals surface area contributed by atoms with Gasteiger partial charge in [0, 0.05) is 30.4 Å². The van der Waals surface area contributed by atoms with Crippen LogP contribution >= 0.6 is 0 Å². The Kier molecular flexibility index (Phi) is 5.67. The first-order chi connectivity index (χ1) is 14.8. The fourth-order valence-corrected chi connectivity index (χ4v) is 5.05. The highest BCUT2D eigenvalue weighted by atomic mass is 32.2. The first kappa shape index (κ1) is 21.3. The van der Waals surface area contributed by atoms with Gasteiger partial charge in [-0.15, -0.1) is 0 Å². The van der Waals surface area contributed by atoms with E-state index < -0.39 is 20.9 Å². The number of carbonyl (C=O) groups is 1. The Labute approximate surface area is 180 Å². The van der Waals surface area contributed by atoms with Crippen LogP contribution in [0.3, 0.4) is 0 Å². The van der Waals surface area contributed by atoms with Gasteiger partial charge in [-0.05, 0) is 55.9 Å². The second-order valence-corrected chi connectivity index (χ2v) is 9.59. The lowest BCUT2D eigenvalue weighted by molar-refractivity contribution is -0.384. The van der Waals surface area contributed by atoms with Crippen LogP contribution in [0.2, 0.25) is 0 Å². The van der Waals surface area contributed by atoms with Gasteiger partial charge in [0.05, 0.1) is 9.82 Å². The van der Waals surface area contributed by atoms with E-state index >= 15 is 0 Å². The highest BCUT2D eigenvalue weighted by molar-refractivity contribution is 7.90. The molecular formula is C21H23N3O6S. The summed E-state index contributed by atoms with van der Waals surface area (Å²) >= 11 is 0. The van der Waals surface area contributed by atoms with Crippen LogP contribution in [0.25, 0.3) is 0 Å². The molecule has 0 bridgehead atoms. The average Bonchev–Trinajstić information content (AvgIpc) is 3.55. The van der Waals surface area contributed by atoms with Crippen LogP contribution in [0.4, 0.5) is 11.4 Å². The van der Waals surface area contributed by atoms with Gasteiger partial charge >= 0.3 is 0 Å². The smallest absolute Gasteiger partial charge is 0.293 e. The third-order valence-electron chi connectivity index (χ3n) is 5.91. The molecule has 2 aliphatic rings. The summed E-state index contributed by atoms with van der Waals surface area (Å²) in [5.74, 6) is -0.448. The maximum Gasteiger partial charge on any atom is 0.293 e. The van der Waals surface area contributed by atoms with E-state index in [1.165, 1.54) is 24.3 Å². The normalized spacial score (nSPS) is 18.2. The Balaban J connectivity index is 1.57. The number of hydrogen-bond acceptors (Lipinski definition) is 7. The predicted molar refractivity (Wildman–Crippen MR) is 113 cm³/mol. The molecule has 2 aromatic carbocycles. The predicted octanol–water partition coefficient (Wildman–Crippen LogP) is 3.08. The summed E-state index contributed by atoms with van der Waals surface area (Å²) in [6, 6.07) is 11.5. The number of ether oxygens (including phenoxy) is 1. The summed E-state index contributed by atoms with van der Waals surface area (Å²) in [5, 5.41) is 15.0. The number of carbonyl (C=O) groups excluding carboxylic acids is 1. The van der Waals surface area contributed by atoms with Crippen molar-refractivity contribution in [1.82, 2.24) is 4.72 Å². The van der Waals surface area contributed by atoms with Crippen LogP contribution in [0.15, 0.2) is 53.4 Å². The first-order valence-electron chi connectivity index (χ1n) is 10.1. The summed E-state index contributed by atoms with van der Waals surface area (Å²) in [6.45, 7) is 1.35. The van der Waals surface area contributed by atoms with E-state index in [4.69, 9.17) is 4.74 Å². The van der Waals surface area contributed by atoms with E-state index in [9.17, 15) is 23.3 Å². The molecule has 4 rings (SSSR count). The molecule has 0 radical (unpaired) electrons. The highest BCUT2D eigenvalue weighted by Gasteiger charge is 2.50. The number of anilines is 1. The lowest BCUT2D eigenvalue weighted by atomic mass is 9.89. The minimum Gasteiger partial charge on any atom is -0.381 e. The fourth-order valence-electron chi connectivity index (χ4n) is 4.05. The van der Waals surface area contributed by atoms with Crippen molar-refractivity contribution in [3.8, 4) is 0 Å². The molecule has 1 saturated heterocycles. The van der Waals surface area contributed by atoms with Gasteiger partial charge in [0.2, 0.25) is 0 Å². The lowest BCUT2D eigenvalue weighted by Crippen LogP contribution is -2.35. The number of nitro groups is 1. The minimum absolute atomic E-state index is 0.172. The largest absolute Gasteiger partial charge is 0.381 e. The van der Waals surface area contributed by atoms with Crippen molar-refractivity contribution in [2.45, 2.75) is 36.1 Å². The summed E-state index contributed by atoms with van der Waals surface area (Å²) in [5.41, 5.74) is -0.0992. The van der Waals surface area contributed by atoms with Gasteiger partial charge in [-0.1, -0.05) is 18.2 Å². The quantitative estimate of drug-likeness (QED) is 0.495. The number of amides is 1. The van der Waals surface area contributed by atoms with Gasteiger partial charge < -0.3 is 10.1 Å². The number of nitrogens with one attached hydrogen (secondary N) is 2. The molecule has 1 aliphatic carbocycles. The van der Waals surface area contributed by atoms with Crippen LogP contribution < -0.4 is 10.0 Å². The van der Waals surface area contributed by atoms with E-state index in [1.54, 1.807) is 18.2 Å². The molecule has 0 spiro atoms. The second kappa shape index (κ2) is 8.27. The number of nitro benzene ring substituents is 1. The fraction of sp³-hybridized carbons (Fsp3) is 0.381. The van der Waals surface area contributed by atoms with Gasteiger partial charge in [0.1, 0.15) is 5.69 Å². The zero-order valence-corrected chi connectivity index (χ0v) is 17.6. The molecule has 10 heteroatoms. The zero-order valence-electron chi connectivity index (χ0n) is 16.7. The number of hydrogen-bond donors (Lipinski definition) is 2. The summed E-state index contributed by atoms with van der Waals surface area (Å²) in [7, 11) is -4.28. The molecule has 2 aromatic rings. The van der Waals surface area contributed by atoms with Crippen LogP contribution in [0.5, 0.6) is 0 Å². The Morgan fingerprint density at radius 2 is 1.77 bits per heavy atom. The number of sulfonamides is 1. The maximum absolute atomic E-state index is 12.7. The summed E-state index contributed by atoms with van der Waals surface area (Å²) in [6.07, 6.45) is 3.58. The SMILES string of the molecule is O=C(NS(=O)(=O)c1ccc(NC2(C3CCOCC3)CC2)c([N+](=O)[O-])c1)c1ccccc1. The molecule has 31 heavy (non-hydrogen) atoms. The molecule has 1 saturated carbocycles. The number of nitrogens with zero attached hydrogens (tertiary/aromatic N) is 1. The molecule has 1 aliphatic heterocycles. The summed E-state index contributed by atoms with van der Waals surface area (Å²) in [4.78, 5) is 23.0. The molecule has 164 valence electrons. The molecular weight excluding hydrogens is 422 g/mol. The first-order valence-corrected chi connectivity index (χ1v) is 11.6. The van der Waals surface area contributed by atoms with Gasteiger partial charge in [0.25, 0.3) is 21.6 Å². The standard InChI is InChI=1S/C21H23N3O6S/c25-20(15-4-2-1-3-5-15)23-31(28,29)17-6-7-18(19(14-17)24(26)27)22-21(10-11-21)16-8-12-30-13-9-16/h1-7,14,16,22H,8-13H2,(H,23,25). The molecule has 1 heterocycles. The van der Waals surface area contributed by atoms with E-state index in [0.717, 1.165) is 31.7 Å². The van der Waals surface area contributed by atoms with Crippen molar-refractivity contribution in [3.05, 3.63) is 64.2 Å². The van der Waals surface area contributed by atoms with Crippen LogP contribution in [0, 0.1) is 16.0 Å². The Bertz CT molecular complexity index is 1090. The number of rotatable bonds is 7. The molecule has 9 nitrogen and oxygen atoms in total. The van der Waals surface area contributed by atoms with Gasteiger partial charge in [-0.25, -0.2) is 13.1 Å². The van der Waals surface area contributed by atoms with Crippen molar-refractivity contribution in [2.75, 3.05) is 18.5 Å². The van der Waals surface area contributed by atoms with Crippen LogP contribution in [-0.4, -0.2) is 38.0 Å². The Hall–Kier alpha value is -2.98.